The minimum atomic E-state index is -1.01. The number of hydrogen-bond acceptors (Lipinski definition) is 11. The Labute approximate surface area is 319 Å². The molecule has 2 N–H and O–H groups in total. The number of anilines is 4. The number of halogens is 1. The normalized spacial score (nSPS) is 13.5. The quantitative estimate of drug-likeness (QED) is 0.182. The highest BCUT2D eigenvalue weighted by atomic mass is 19.1. The van der Waals surface area contributed by atoms with Crippen LogP contribution in [-0.2, 0) is 32.0 Å². The van der Waals surface area contributed by atoms with Gasteiger partial charge in [-0.3, -0.25) is 19.8 Å². The van der Waals surface area contributed by atoms with Gasteiger partial charge in [-0.05, 0) is 99.2 Å². The summed E-state index contributed by atoms with van der Waals surface area (Å²) in [6, 6.07) is 5.07. The lowest BCUT2D eigenvalue weighted by Crippen LogP contribution is -2.44. The van der Waals surface area contributed by atoms with Crippen LogP contribution in [0.25, 0.3) is 21.9 Å². The molecule has 0 fully saturated rings. The molecular weight excluding hydrogens is 711 g/mol. The molecule has 55 heavy (non-hydrogen) atoms. The third-order valence-electron chi connectivity index (χ3n) is 8.24. The number of carbonyl (C=O) groups is 4. The fourth-order valence-electron chi connectivity index (χ4n) is 5.88. The highest BCUT2D eigenvalue weighted by Gasteiger charge is 2.35. The number of rotatable bonds is 6. The molecule has 0 atom stereocenters. The number of imide groups is 1. The van der Waals surface area contributed by atoms with Crippen molar-refractivity contribution in [1.82, 2.24) is 24.6 Å². The van der Waals surface area contributed by atoms with E-state index in [1.54, 1.807) is 91.0 Å². The third kappa shape index (κ3) is 9.66. The molecule has 0 saturated carbocycles. The number of fused-ring (bicyclic) bond motifs is 2. The van der Waals surface area contributed by atoms with Gasteiger partial charge >= 0.3 is 18.3 Å². The first-order valence-corrected chi connectivity index (χ1v) is 18.0. The highest BCUT2D eigenvalue weighted by Crippen LogP contribution is 2.39. The molecule has 4 amide bonds. The van der Waals surface area contributed by atoms with Gasteiger partial charge in [0, 0.05) is 60.2 Å². The van der Waals surface area contributed by atoms with Crippen LogP contribution in [-0.4, -0.2) is 78.7 Å². The Bertz CT molecular complexity index is 2120. The number of pyridine rings is 2. The van der Waals surface area contributed by atoms with Crippen molar-refractivity contribution in [3.8, 4) is 11.1 Å². The van der Waals surface area contributed by atoms with E-state index in [2.05, 4.69) is 25.7 Å². The maximum Gasteiger partial charge on any atom is 0.424 e. The lowest BCUT2D eigenvalue weighted by molar-refractivity contribution is -0.131. The lowest BCUT2D eigenvalue weighted by atomic mass is 9.97. The predicted molar refractivity (Wildman–Crippen MR) is 206 cm³/mol. The molecule has 16 heteroatoms. The Morgan fingerprint density at radius 1 is 0.873 bits per heavy atom. The Morgan fingerprint density at radius 3 is 2.11 bits per heavy atom. The average Bonchev–Trinajstić information content (AvgIpc) is 3.34. The summed E-state index contributed by atoms with van der Waals surface area (Å²) < 4.78 is 35.1. The largest absolute Gasteiger partial charge is 0.444 e. The molecule has 4 heterocycles. The van der Waals surface area contributed by atoms with Gasteiger partial charge in [0.2, 0.25) is 5.91 Å². The Balaban J connectivity index is 1.62. The molecule has 0 bridgehead atoms. The molecule has 0 aliphatic carbocycles. The van der Waals surface area contributed by atoms with E-state index in [4.69, 9.17) is 14.2 Å². The topological polar surface area (TPSA) is 170 Å². The van der Waals surface area contributed by atoms with Gasteiger partial charge in [0.05, 0.1) is 17.6 Å². The van der Waals surface area contributed by atoms with E-state index in [1.807, 2.05) is 13.0 Å². The van der Waals surface area contributed by atoms with Crippen LogP contribution in [0.15, 0.2) is 36.8 Å². The molecule has 3 aromatic heterocycles. The van der Waals surface area contributed by atoms with Gasteiger partial charge in [-0.15, -0.1) is 0 Å². The first-order valence-electron chi connectivity index (χ1n) is 18.0. The monoisotopic (exact) mass is 760 g/mol. The van der Waals surface area contributed by atoms with Crippen LogP contribution in [0.5, 0.6) is 0 Å². The van der Waals surface area contributed by atoms with Gasteiger partial charge < -0.3 is 24.4 Å². The zero-order chi connectivity index (χ0) is 40.6. The number of ether oxygens (including phenoxy) is 3. The van der Waals surface area contributed by atoms with E-state index in [1.165, 1.54) is 18.6 Å². The number of benzene rings is 1. The van der Waals surface area contributed by atoms with Crippen LogP contribution >= 0.6 is 0 Å². The minimum absolute atomic E-state index is 0.000629. The smallest absolute Gasteiger partial charge is 0.424 e. The number of nitrogens with one attached hydrogen (secondary N) is 2. The summed E-state index contributed by atoms with van der Waals surface area (Å²) in [5.41, 5.74) is -1.66. The minimum Gasteiger partial charge on any atom is -0.444 e. The summed E-state index contributed by atoms with van der Waals surface area (Å²) in [6.45, 7) is 19.9. The van der Waals surface area contributed by atoms with Crippen molar-refractivity contribution in [2.75, 3.05) is 28.6 Å². The first kappa shape index (κ1) is 40.4. The molecule has 0 spiro atoms. The Morgan fingerprint density at radius 2 is 1.51 bits per heavy atom. The zero-order valence-electron chi connectivity index (χ0n) is 33.2. The van der Waals surface area contributed by atoms with Crippen molar-refractivity contribution in [1.29, 1.82) is 0 Å². The third-order valence-corrected chi connectivity index (χ3v) is 8.24. The second-order valence-electron chi connectivity index (χ2n) is 16.2. The number of aromatic nitrogens is 4. The van der Waals surface area contributed by atoms with Crippen molar-refractivity contribution in [3.63, 3.8) is 0 Å². The van der Waals surface area contributed by atoms with Crippen LogP contribution in [0.1, 0.15) is 80.5 Å². The summed E-state index contributed by atoms with van der Waals surface area (Å²) in [5.74, 6) is -0.0417. The molecule has 15 nitrogen and oxygen atoms in total. The molecule has 5 rings (SSSR count). The van der Waals surface area contributed by atoms with Crippen molar-refractivity contribution < 1.29 is 37.8 Å². The van der Waals surface area contributed by atoms with E-state index >= 15 is 4.39 Å². The van der Waals surface area contributed by atoms with Crippen molar-refractivity contribution in [2.45, 2.75) is 106 Å². The summed E-state index contributed by atoms with van der Waals surface area (Å²) >= 11 is 0. The van der Waals surface area contributed by atoms with E-state index < -0.39 is 40.9 Å². The van der Waals surface area contributed by atoms with Crippen LogP contribution < -0.4 is 15.5 Å². The van der Waals surface area contributed by atoms with Gasteiger partial charge in [0.1, 0.15) is 29.2 Å². The fraction of sp³-hybridized carbons (Fsp3) is 0.462. The molecule has 1 aliphatic heterocycles. The van der Waals surface area contributed by atoms with E-state index in [0.29, 0.717) is 36.5 Å². The zero-order valence-corrected chi connectivity index (χ0v) is 33.2. The maximum absolute atomic E-state index is 16.9. The average molecular weight is 761 g/mol. The maximum atomic E-state index is 16.9. The van der Waals surface area contributed by atoms with Crippen LogP contribution in [0, 0.1) is 12.7 Å². The summed E-state index contributed by atoms with van der Waals surface area (Å²) in [4.78, 5) is 64.1. The van der Waals surface area contributed by atoms with Gasteiger partial charge in [-0.2, -0.15) is 10.00 Å². The van der Waals surface area contributed by atoms with E-state index in [9.17, 15) is 19.2 Å². The second kappa shape index (κ2) is 15.1. The van der Waals surface area contributed by atoms with Crippen LogP contribution in [0.2, 0.25) is 0 Å². The molecule has 294 valence electrons. The van der Waals surface area contributed by atoms with Gasteiger partial charge in [-0.1, -0.05) is 0 Å². The van der Waals surface area contributed by atoms with Crippen LogP contribution in [0.4, 0.5) is 41.8 Å². The number of amides is 4. The SMILES string of the molecule is CCN1CCc2cc(Nc3cc4cc(-c5cncc(N(C(=O)OC(C)(C)C)C(=O)OC(C)(C)C)c5C)c(F)c(NC(=O)OC(C)(C)C)c4cn3)nn2CC1=O. The summed E-state index contributed by atoms with van der Waals surface area (Å²) in [7, 11) is 0. The van der Waals surface area contributed by atoms with Gasteiger partial charge in [-0.25, -0.2) is 23.8 Å². The fourth-order valence-corrected chi connectivity index (χ4v) is 5.88. The predicted octanol–water partition coefficient (Wildman–Crippen LogP) is 8.11. The molecule has 0 unspecified atom stereocenters. The first-order chi connectivity index (χ1) is 25.5. The number of likely N-dealkylation sites (N-methyl/N-ethyl adjacent to an activating group) is 1. The summed E-state index contributed by atoms with van der Waals surface area (Å²) in [6.07, 6.45) is 1.80. The Kier molecular flexibility index (Phi) is 11.1. The molecule has 0 saturated heterocycles. The van der Waals surface area contributed by atoms with Crippen molar-refractivity contribution >= 4 is 58.0 Å². The van der Waals surface area contributed by atoms with E-state index in [-0.39, 0.29) is 45.9 Å². The van der Waals surface area contributed by atoms with Crippen molar-refractivity contribution in [2.24, 2.45) is 0 Å². The lowest BCUT2D eigenvalue weighted by Gasteiger charge is -2.29. The molecule has 1 aromatic carbocycles. The summed E-state index contributed by atoms with van der Waals surface area (Å²) in [5, 5.41) is 11.0. The molecule has 1 aliphatic rings. The van der Waals surface area contributed by atoms with Gasteiger partial charge in [0.25, 0.3) is 0 Å². The number of nitrogens with zero attached hydrogens (tertiary/aromatic N) is 6. The van der Waals surface area contributed by atoms with E-state index in [0.717, 1.165) is 10.6 Å². The number of hydrogen-bond donors (Lipinski definition) is 2. The molecular formula is C39H49FN8O7. The molecule has 0 radical (unpaired) electrons. The number of carbonyl (C=O) groups excluding carboxylic acids is 4. The van der Waals surface area contributed by atoms with Crippen molar-refractivity contribution in [3.05, 3.63) is 53.9 Å². The Hall–Kier alpha value is -5.80. The van der Waals surface area contributed by atoms with Crippen LogP contribution in [0.3, 0.4) is 0 Å². The molecule has 4 aromatic rings. The standard InChI is InChI=1S/C39H49FN8O7/c1-12-46-14-13-24-17-30(45-47(24)21-31(46)49)43-29-16-23-15-25(32(40)33(27(23)19-42-29)44-34(50)53-37(3,4)5)26-18-41-20-28(22(26)2)48(35(51)54-38(6,7)8)36(52)55-39(9,10)11/h15-20H,12-14,21H2,1-11H3,(H,44,50)(H,42,43,45). The van der Waals surface area contributed by atoms with Gasteiger partial charge in [0.15, 0.2) is 11.6 Å². The highest BCUT2D eigenvalue weighted by molar-refractivity contribution is 6.11. The second-order valence-corrected chi connectivity index (χ2v) is 16.2.